The molecule has 34 heavy (non-hydrogen) atoms. The Morgan fingerprint density at radius 2 is 2.00 bits per heavy atom. The normalized spacial score (nSPS) is 19.8. The number of rotatable bonds is 13. The Hall–Kier alpha value is -2.34. The summed E-state index contributed by atoms with van der Waals surface area (Å²) in [6.45, 7) is 1.79. The third kappa shape index (κ3) is 7.08. The number of para-hydroxylation sites is 1. The minimum Gasteiger partial charge on any atom is -0.476 e. The number of halogens is 1. The fourth-order valence-electron chi connectivity index (χ4n) is 3.24. The summed E-state index contributed by atoms with van der Waals surface area (Å²) in [4.78, 5) is 15.9. The SMILES string of the molecule is CCOc1nc(=O)n([C@H]2CC[C@@H](COP(=O)(NCC(OC)OC)Oc3ccccc3)O2)cc1F. The van der Waals surface area contributed by atoms with Crippen LogP contribution in [0.5, 0.6) is 11.6 Å². The molecule has 1 unspecified atom stereocenters. The van der Waals surface area contributed by atoms with Crippen molar-refractivity contribution in [2.45, 2.75) is 38.4 Å². The molecule has 2 heterocycles. The summed E-state index contributed by atoms with van der Waals surface area (Å²) >= 11 is 0. The molecule has 1 aromatic carbocycles. The van der Waals surface area contributed by atoms with Crippen LogP contribution in [0.25, 0.3) is 0 Å². The van der Waals surface area contributed by atoms with Crippen molar-refractivity contribution < 1.29 is 37.0 Å². The standard InChI is InChI=1S/C21H29FN3O8P/c1-4-30-20-17(22)13-25(21(26)24-20)18-11-10-16(32-18)14-31-34(27,23-12-19(28-2)29-3)33-15-8-6-5-7-9-15/h5-9,13,16,18-19H,4,10-12,14H2,1-3H3,(H,23,27)/t16-,18+,34?/m0/s1. The third-order valence-electron chi connectivity index (χ3n) is 4.93. The molecular formula is C21H29FN3O8P. The second-order valence-electron chi connectivity index (χ2n) is 7.27. The molecule has 1 N–H and O–H groups in total. The summed E-state index contributed by atoms with van der Waals surface area (Å²) in [5.41, 5.74) is -0.693. The summed E-state index contributed by atoms with van der Waals surface area (Å²) in [6.07, 6.45) is -0.0211. The van der Waals surface area contributed by atoms with Gasteiger partial charge in [-0.05, 0) is 31.9 Å². The predicted octanol–water partition coefficient (Wildman–Crippen LogP) is 2.87. The number of nitrogens with zero attached hydrogens (tertiary/aromatic N) is 2. The highest BCUT2D eigenvalue weighted by atomic mass is 31.2. The topological polar surface area (TPSA) is 119 Å². The van der Waals surface area contributed by atoms with Crippen molar-refractivity contribution >= 4 is 7.75 Å². The van der Waals surface area contributed by atoms with Crippen LogP contribution in [-0.4, -0.2) is 55.9 Å². The first-order chi connectivity index (χ1) is 16.4. The maximum absolute atomic E-state index is 14.2. The van der Waals surface area contributed by atoms with Gasteiger partial charge >= 0.3 is 13.4 Å². The Kier molecular flexibility index (Phi) is 9.57. The van der Waals surface area contributed by atoms with Crippen molar-refractivity contribution in [1.29, 1.82) is 0 Å². The van der Waals surface area contributed by atoms with Gasteiger partial charge in [0.25, 0.3) is 5.88 Å². The Bertz CT molecular complexity index is 1020. The number of hydrogen-bond acceptors (Lipinski definition) is 9. The van der Waals surface area contributed by atoms with Gasteiger partial charge in [-0.25, -0.2) is 14.4 Å². The van der Waals surface area contributed by atoms with Gasteiger partial charge in [0, 0.05) is 14.2 Å². The van der Waals surface area contributed by atoms with E-state index in [9.17, 15) is 13.8 Å². The lowest BCUT2D eigenvalue weighted by Gasteiger charge is -2.23. The molecule has 188 valence electrons. The maximum atomic E-state index is 14.2. The number of methoxy groups -OCH3 is 2. The highest BCUT2D eigenvalue weighted by molar-refractivity contribution is 7.52. The smallest absolute Gasteiger partial charge is 0.458 e. The monoisotopic (exact) mass is 501 g/mol. The van der Waals surface area contributed by atoms with E-state index < -0.39 is 37.9 Å². The molecule has 0 saturated carbocycles. The van der Waals surface area contributed by atoms with E-state index in [0.717, 1.165) is 10.8 Å². The third-order valence-corrected chi connectivity index (χ3v) is 6.44. The molecule has 0 radical (unpaired) electrons. The zero-order chi connectivity index (χ0) is 24.6. The summed E-state index contributed by atoms with van der Waals surface area (Å²) in [7, 11) is -0.942. The minimum atomic E-state index is -3.84. The predicted molar refractivity (Wildman–Crippen MR) is 119 cm³/mol. The second kappa shape index (κ2) is 12.4. The quantitative estimate of drug-likeness (QED) is 0.324. The van der Waals surface area contributed by atoms with Gasteiger partial charge in [-0.1, -0.05) is 18.2 Å². The number of ether oxygens (including phenoxy) is 4. The Morgan fingerprint density at radius 3 is 2.68 bits per heavy atom. The molecule has 3 rings (SSSR count). The van der Waals surface area contributed by atoms with Gasteiger partial charge in [0.2, 0.25) is 5.82 Å². The van der Waals surface area contributed by atoms with E-state index in [0.29, 0.717) is 18.6 Å². The lowest BCUT2D eigenvalue weighted by Crippen LogP contribution is -2.31. The number of benzene rings is 1. The molecular weight excluding hydrogens is 472 g/mol. The zero-order valence-electron chi connectivity index (χ0n) is 19.2. The van der Waals surface area contributed by atoms with Crippen molar-refractivity contribution in [3.63, 3.8) is 0 Å². The van der Waals surface area contributed by atoms with Crippen LogP contribution in [0.3, 0.4) is 0 Å². The largest absolute Gasteiger partial charge is 0.476 e. The maximum Gasteiger partial charge on any atom is 0.458 e. The Labute approximate surface area is 196 Å². The first kappa shape index (κ1) is 26.3. The van der Waals surface area contributed by atoms with Crippen LogP contribution >= 0.6 is 7.75 Å². The van der Waals surface area contributed by atoms with E-state index in [1.165, 1.54) is 14.2 Å². The number of aromatic nitrogens is 2. The van der Waals surface area contributed by atoms with E-state index in [4.69, 9.17) is 28.0 Å². The van der Waals surface area contributed by atoms with Gasteiger partial charge in [0.15, 0.2) is 6.29 Å². The van der Waals surface area contributed by atoms with Crippen molar-refractivity contribution in [2.24, 2.45) is 0 Å². The summed E-state index contributed by atoms with van der Waals surface area (Å²) in [5.74, 6) is -0.768. The fraction of sp³-hybridized carbons (Fsp3) is 0.524. The summed E-state index contributed by atoms with van der Waals surface area (Å²) in [5, 5.41) is 2.73. The molecule has 3 atom stereocenters. The van der Waals surface area contributed by atoms with Crippen LogP contribution in [0.15, 0.2) is 41.3 Å². The molecule has 0 amide bonds. The molecule has 1 saturated heterocycles. The Morgan fingerprint density at radius 1 is 1.26 bits per heavy atom. The summed E-state index contributed by atoms with van der Waals surface area (Å²) < 4.78 is 60.9. The highest BCUT2D eigenvalue weighted by Crippen LogP contribution is 2.45. The number of nitrogens with one attached hydrogen (secondary N) is 1. The van der Waals surface area contributed by atoms with Gasteiger partial charge in [-0.15, -0.1) is 0 Å². The highest BCUT2D eigenvalue weighted by Gasteiger charge is 2.33. The lowest BCUT2D eigenvalue weighted by atomic mass is 10.2. The fourth-order valence-corrected chi connectivity index (χ4v) is 4.59. The molecule has 1 aromatic heterocycles. The van der Waals surface area contributed by atoms with Crippen LogP contribution in [0.2, 0.25) is 0 Å². The van der Waals surface area contributed by atoms with E-state index in [-0.39, 0.29) is 25.6 Å². The van der Waals surface area contributed by atoms with Crippen LogP contribution in [0, 0.1) is 5.82 Å². The molecule has 11 nitrogen and oxygen atoms in total. The van der Waals surface area contributed by atoms with Crippen molar-refractivity contribution in [3.05, 3.63) is 52.8 Å². The first-order valence-corrected chi connectivity index (χ1v) is 12.3. The van der Waals surface area contributed by atoms with E-state index in [2.05, 4.69) is 10.1 Å². The van der Waals surface area contributed by atoms with Crippen molar-refractivity contribution in [3.8, 4) is 11.6 Å². The van der Waals surface area contributed by atoms with Gasteiger partial charge in [-0.2, -0.15) is 9.37 Å². The van der Waals surface area contributed by atoms with Crippen LogP contribution < -0.4 is 20.0 Å². The molecule has 13 heteroatoms. The van der Waals surface area contributed by atoms with Crippen molar-refractivity contribution in [1.82, 2.24) is 14.6 Å². The molecule has 0 spiro atoms. The zero-order valence-corrected chi connectivity index (χ0v) is 20.1. The molecule has 2 aromatic rings. The molecule has 0 aliphatic carbocycles. The average Bonchev–Trinajstić information content (AvgIpc) is 3.30. The van der Waals surface area contributed by atoms with E-state index in [1.807, 2.05) is 0 Å². The van der Waals surface area contributed by atoms with Gasteiger partial charge < -0.3 is 23.5 Å². The Balaban J connectivity index is 1.64. The molecule has 1 aliphatic heterocycles. The lowest BCUT2D eigenvalue weighted by molar-refractivity contribution is -0.0969. The van der Waals surface area contributed by atoms with Gasteiger partial charge in [0.05, 0.1) is 32.1 Å². The van der Waals surface area contributed by atoms with Gasteiger partial charge in [-0.3, -0.25) is 9.09 Å². The number of hydrogen-bond donors (Lipinski definition) is 1. The van der Waals surface area contributed by atoms with Crippen LogP contribution in [0.4, 0.5) is 4.39 Å². The van der Waals surface area contributed by atoms with Crippen LogP contribution in [0.1, 0.15) is 26.0 Å². The second-order valence-corrected chi connectivity index (χ2v) is 9.02. The molecule has 1 fully saturated rings. The van der Waals surface area contributed by atoms with E-state index >= 15 is 0 Å². The molecule has 1 aliphatic rings. The minimum absolute atomic E-state index is 0.0395. The first-order valence-electron chi connectivity index (χ1n) is 10.7. The molecule has 0 bridgehead atoms. The summed E-state index contributed by atoms with van der Waals surface area (Å²) in [6, 6.07) is 8.55. The van der Waals surface area contributed by atoms with E-state index in [1.54, 1.807) is 37.3 Å². The van der Waals surface area contributed by atoms with Gasteiger partial charge in [0.1, 0.15) is 12.0 Å². The van der Waals surface area contributed by atoms with Crippen molar-refractivity contribution in [2.75, 3.05) is 34.0 Å². The average molecular weight is 501 g/mol. The van der Waals surface area contributed by atoms with Crippen LogP contribution in [-0.2, 0) is 23.3 Å².